The number of thioether (sulfide) groups is 1. The van der Waals surface area contributed by atoms with Crippen molar-refractivity contribution in [2.45, 2.75) is 32.3 Å². The summed E-state index contributed by atoms with van der Waals surface area (Å²) in [6.07, 6.45) is 1.50. The van der Waals surface area contributed by atoms with Gasteiger partial charge < -0.3 is 5.32 Å². The van der Waals surface area contributed by atoms with Crippen LogP contribution in [0.5, 0.6) is 0 Å². The van der Waals surface area contributed by atoms with E-state index in [0.717, 1.165) is 22.0 Å². The highest BCUT2D eigenvalue weighted by Gasteiger charge is 2.08. The summed E-state index contributed by atoms with van der Waals surface area (Å²) in [6, 6.07) is 12.0. The van der Waals surface area contributed by atoms with Crippen LogP contribution in [-0.4, -0.2) is 31.4 Å². The smallest absolute Gasteiger partial charge is 0.230 e. The summed E-state index contributed by atoms with van der Waals surface area (Å²) in [5.41, 5.74) is 4.24. The van der Waals surface area contributed by atoms with Gasteiger partial charge in [-0.15, -0.1) is 0 Å². The van der Waals surface area contributed by atoms with E-state index >= 15 is 0 Å². The molecule has 1 N–H and O–H groups in total. The van der Waals surface area contributed by atoms with Gasteiger partial charge >= 0.3 is 0 Å². The van der Waals surface area contributed by atoms with Crippen molar-refractivity contribution in [2.75, 3.05) is 5.75 Å². The Bertz CT molecular complexity index is 905. The third-order valence-electron chi connectivity index (χ3n) is 3.82. The van der Waals surface area contributed by atoms with E-state index in [1.807, 2.05) is 57.2 Å². The second-order valence-electron chi connectivity index (χ2n) is 6.10. The third-order valence-corrected chi connectivity index (χ3v) is 4.74. The van der Waals surface area contributed by atoms with Crippen LogP contribution in [0.25, 0.3) is 5.82 Å². The molecule has 3 rings (SSSR count). The number of aromatic nitrogens is 4. The van der Waals surface area contributed by atoms with E-state index in [-0.39, 0.29) is 5.91 Å². The van der Waals surface area contributed by atoms with Crippen molar-refractivity contribution in [3.8, 4) is 5.82 Å². The topological polar surface area (TPSA) is 72.7 Å². The van der Waals surface area contributed by atoms with Crippen molar-refractivity contribution >= 4 is 17.7 Å². The van der Waals surface area contributed by atoms with Crippen LogP contribution < -0.4 is 5.32 Å². The van der Waals surface area contributed by atoms with E-state index in [9.17, 15) is 4.79 Å². The van der Waals surface area contributed by atoms with E-state index in [1.54, 1.807) is 4.68 Å². The third kappa shape index (κ3) is 4.70. The Hall–Kier alpha value is -2.67. The van der Waals surface area contributed by atoms with Crippen LogP contribution in [0.3, 0.4) is 0 Å². The first-order chi connectivity index (χ1) is 12.5. The van der Waals surface area contributed by atoms with Gasteiger partial charge in [0.25, 0.3) is 0 Å². The average Bonchev–Trinajstić information content (AvgIpc) is 2.98. The van der Waals surface area contributed by atoms with Crippen LogP contribution in [-0.2, 0) is 11.3 Å². The van der Waals surface area contributed by atoms with Crippen LogP contribution in [0.2, 0.25) is 0 Å². The first kappa shape index (κ1) is 18.1. The lowest BCUT2D eigenvalue weighted by molar-refractivity contribution is -0.118. The quantitative estimate of drug-likeness (QED) is 0.536. The number of hydrogen-bond acceptors (Lipinski definition) is 5. The van der Waals surface area contributed by atoms with Crippen molar-refractivity contribution in [3.63, 3.8) is 0 Å². The highest BCUT2D eigenvalue weighted by Crippen LogP contribution is 2.18. The van der Waals surface area contributed by atoms with Gasteiger partial charge in [-0.3, -0.25) is 4.79 Å². The van der Waals surface area contributed by atoms with Crippen molar-refractivity contribution in [1.29, 1.82) is 0 Å². The molecule has 6 nitrogen and oxygen atoms in total. The number of aryl methyl sites for hydroxylation is 3. The molecule has 0 aliphatic rings. The van der Waals surface area contributed by atoms with Gasteiger partial charge in [-0.2, -0.15) is 5.10 Å². The Morgan fingerprint density at radius 3 is 2.58 bits per heavy atom. The zero-order valence-electron chi connectivity index (χ0n) is 15.1. The highest BCUT2D eigenvalue weighted by molar-refractivity contribution is 7.99. The minimum atomic E-state index is -0.0261. The molecule has 0 aliphatic carbocycles. The largest absolute Gasteiger partial charge is 0.351 e. The monoisotopic (exact) mass is 367 g/mol. The van der Waals surface area contributed by atoms with E-state index in [2.05, 4.69) is 20.4 Å². The molecule has 2 aromatic heterocycles. The number of carbonyl (C=O) groups excluding carboxylic acids is 1. The van der Waals surface area contributed by atoms with E-state index < -0.39 is 0 Å². The summed E-state index contributed by atoms with van der Waals surface area (Å²) in [6.45, 7) is 6.49. The summed E-state index contributed by atoms with van der Waals surface area (Å²) >= 11 is 1.38. The van der Waals surface area contributed by atoms with E-state index in [1.165, 1.54) is 23.7 Å². The molecule has 2 heterocycles. The fourth-order valence-electron chi connectivity index (χ4n) is 2.48. The van der Waals surface area contributed by atoms with Crippen LogP contribution in [0.15, 0.2) is 47.8 Å². The molecule has 0 fully saturated rings. The van der Waals surface area contributed by atoms with Gasteiger partial charge in [-0.05, 0) is 32.4 Å². The fourth-order valence-corrected chi connectivity index (χ4v) is 3.17. The Morgan fingerprint density at radius 1 is 1.12 bits per heavy atom. The van der Waals surface area contributed by atoms with Gasteiger partial charge in [0, 0.05) is 18.3 Å². The van der Waals surface area contributed by atoms with Gasteiger partial charge in [0.2, 0.25) is 5.91 Å². The van der Waals surface area contributed by atoms with Gasteiger partial charge in [0.15, 0.2) is 5.82 Å². The molecule has 0 saturated heterocycles. The molecule has 26 heavy (non-hydrogen) atoms. The van der Waals surface area contributed by atoms with E-state index in [4.69, 9.17) is 0 Å². The van der Waals surface area contributed by atoms with Crippen LogP contribution >= 0.6 is 11.8 Å². The minimum Gasteiger partial charge on any atom is -0.351 e. The second kappa shape index (κ2) is 8.14. The molecule has 0 atom stereocenters. The summed E-state index contributed by atoms with van der Waals surface area (Å²) in [7, 11) is 0. The summed E-state index contributed by atoms with van der Waals surface area (Å²) in [4.78, 5) is 20.6. The zero-order valence-corrected chi connectivity index (χ0v) is 15.9. The molecule has 0 bridgehead atoms. The maximum Gasteiger partial charge on any atom is 0.230 e. The first-order valence-corrected chi connectivity index (χ1v) is 9.30. The standard InChI is InChI=1S/C19H21N5OS/c1-13-4-6-16(7-5-13)10-20-18(25)11-26-19-9-17(21-12-22-19)24-15(3)8-14(2)23-24/h4-9,12H,10-11H2,1-3H3,(H,20,25). The fraction of sp³-hybridized carbons (Fsp3) is 0.263. The van der Waals surface area contributed by atoms with Crippen LogP contribution in [0.1, 0.15) is 22.5 Å². The summed E-state index contributed by atoms with van der Waals surface area (Å²) < 4.78 is 1.78. The van der Waals surface area contributed by atoms with Crippen LogP contribution in [0, 0.1) is 20.8 Å². The summed E-state index contributed by atoms with van der Waals surface area (Å²) in [5, 5.41) is 8.09. The van der Waals surface area contributed by atoms with Crippen molar-refractivity contribution in [1.82, 2.24) is 25.1 Å². The lowest BCUT2D eigenvalue weighted by atomic mass is 10.1. The van der Waals surface area contributed by atoms with Gasteiger partial charge in [0.05, 0.1) is 11.4 Å². The van der Waals surface area contributed by atoms with E-state index in [0.29, 0.717) is 18.1 Å². The molecule has 0 aliphatic heterocycles. The van der Waals surface area contributed by atoms with Crippen LogP contribution in [0.4, 0.5) is 0 Å². The Balaban J connectivity index is 1.56. The molecule has 1 amide bonds. The first-order valence-electron chi connectivity index (χ1n) is 8.32. The number of benzene rings is 1. The maximum absolute atomic E-state index is 12.1. The van der Waals surface area contributed by atoms with Gasteiger partial charge in [-0.1, -0.05) is 41.6 Å². The predicted molar refractivity (Wildman–Crippen MR) is 102 cm³/mol. The lowest BCUT2D eigenvalue weighted by Crippen LogP contribution is -2.24. The Labute approximate surface area is 157 Å². The number of carbonyl (C=O) groups is 1. The molecule has 0 unspecified atom stereocenters. The highest BCUT2D eigenvalue weighted by atomic mass is 32.2. The molecule has 7 heteroatoms. The predicted octanol–water partition coefficient (Wildman–Crippen LogP) is 3.00. The van der Waals surface area contributed by atoms with Crippen molar-refractivity contribution in [2.24, 2.45) is 0 Å². The normalized spacial score (nSPS) is 10.7. The number of nitrogens with zero attached hydrogens (tertiary/aromatic N) is 4. The molecular weight excluding hydrogens is 346 g/mol. The molecule has 3 aromatic rings. The van der Waals surface area contributed by atoms with Gasteiger partial charge in [-0.25, -0.2) is 14.6 Å². The van der Waals surface area contributed by atoms with Crippen molar-refractivity contribution in [3.05, 3.63) is 65.2 Å². The molecule has 0 saturated carbocycles. The Kier molecular flexibility index (Phi) is 5.68. The Morgan fingerprint density at radius 2 is 1.88 bits per heavy atom. The number of amides is 1. The number of rotatable bonds is 6. The zero-order chi connectivity index (χ0) is 18.5. The number of hydrogen-bond donors (Lipinski definition) is 1. The SMILES string of the molecule is Cc1ccc(CNC(=O)CSc2cc(-n3nc(C)cc3C)ncn2)cc1. The molecule has 0 radical (unpaired) electrons. The molecule has 1 aromatic carbocycles. The van der Waals surface area contributed by atoms with Crippen molar-refractivity contribution < 1.29 is 4.79 Å². The second-order valence-corrected chi connectivity index (χ2v) is 7.10. The minimum absolute atomic E-state index is 0.0261. The number of nitrogens with one attached hydrogen (secondary N) is 1. The average molecular weight is 367 g/mol. The summed E-state index contributed by atoms with van der Waals surface area (Å²) in [5.74, 6) is 0.981. The molecular formula is C19H21N5OS. The van der Waals surface area contributed by atoms with Gasteiger partial charge in [0.1, 0.15) is 11.4 Å². The molecule has 0 spiro atoms. The molecule has 134 valence electrons. The maximum atomic E-state index is 12.1. The lowest BCUT2D eigenvalue weighted by Gasteiger charge is -2.07.